The van der Waals surface area contributed by atoms with E-state index in [1.807, 2.05) is 12.1 Å². The quantitative estimate of drug-likeness (QED) is 0.281. The summed E-state index contributed by atoms with van der Waals surface area (Å²) in [6, 6.07) is 10.9. The third-order valence-corrected chi connectivity index (χ3v) is 8.14. The SMILES string of the molecule is COc1cc(CNC2CCOCC2)ccc1Nc1ncc(C(F)(F)F)c(NCc2ccc(C)cc2N(C)S(C)(=O)=O)n1. The van der Waals surface area contributed by atoms with Gasteiger partial charge in [-0.2, -0.15) is 18.2 Å². The van der Waals surface area contributed by atoms with Gasteiger partial charge in [0, 0.05) is 45.6 Å². The lowest BCUT2D eigenvalue weighted by Crippen LogP contribution is -2.34. The smallest absolute Gasteiger partial charge is 0.421 e. The summed E-state index contributed by atoms with van der Waals surface area (Å²) >= 11 is 0. The number of ether oxygens (including phenoxy) is 2. The fraction of sp³-hybridized carbons (Fsp3) is 0.429. The highest BCUT2D eigenvalue weighted by molar-refractivity contribution is 7.92. The first-order chi connectivity index (χ1) is 19.8. The van der Waals surface area contributed by atoms with Crippen molar-refractivity contribution < 1.29 is 31.1 Å². The third kappa shape index (κ3) is 8.01. The molecule has 2 heterocycles. The minimum Gasteiger partial charge on any atom is -0.495 e. The Bertz CT molecular complexity index is 1500. The van der Waals surface area contributed by atoms with Gasteiger partial charge in [0.2, 0.25) is 16.0 Å². The normalized spacial score (nSPS) is 14.5. The Morgan fingerprint density at radius 3 is 2.52 bits per heavy atom. The number of hydrogen-bond acceptors (Lipinski definition) is 9. The van der Waals surface area contributed by atoms with Crippen LogP contribution in [0.2, 0.25) is 0 Å². The van der Waals surface area contributed by atoms with E-state index in [1.165, 1.54) is 14.2 Å². The molecule has 0 spiro atoms. The molecule has 1 aliphatic rings. The number of anilines is 4. The summed E-state index contributed by atoms with van der Waals surface area (Å²) < 4.78 is 77.9. The zero-order valence-electron chi connectivity index (χ0n) is 23.9. The average molecular weight is 609 g/mol. The molecular weight excluding hydrogens is 573 g/mol. The maximum Gasteiger partial charge on any atom is 0.421 e. The second-order valence-corrected chi connectivity index (χ2v) is 12.1. The number of hydrogen-bond donors (Lipinski definition) is 3. The summed E-state index contributed by atoms with van der Waals surface area (Å²) in [6.45, 7) is 3.77. The van der Waals surface area contributed by atoms with Crippen molar-refractivity contribution in [1.29, 1.82) is 0 Å². The number of halogens is 3. The molecule has 3 N–H and O–H groups in total. The molecule has 1 saturated heterocycles. The number of benzene rings is 2. The number of methoxy groups -OCH3 is 1. The molecule has 1 fully saturated rings. The molecule has 4 rings (SSSR count). The van der Waals surface area contributed by atoms with Gasteiger partial charge in [0.05, 0.1) is 24.7 Å². The minimum atomic E-state index is -4.72. The Kier molecular flexibility index (Phi) is 9.79. The van der Waals surface area contributed by atoms with Crippen LogP contribution in [0.5, 0.6) is 5.75 Å². The first-order valence-electron chi connectivity index (χ1n) is 13.3. The number of alkyl halides is 3. The van der Waals surface area contributed by atoms with E-state index < -0.39 is 27.6 Å². The fourth-order valence-electron chi connectivity index (χ4n) is 4.49. The van der Waals surface area contributed by atoms with Crippen molar-refractivity contribution in [3.05, 3.63) is 64.8 Å². The van der Waals surface area contributed by atoms with E-state index in [0.29, 0.717) is 41.5 Å². The molecule has 14 heteroatoms. The van der Waals surface area contributed by atoms with Gasteiger partial charge >= 0.3 is 6.18 Å². The second kappa shape index (κ2) is 13.1. The van der Waals surface area contributed by atoms with Crippen LogP contribution in [0.4, 0.5) is 36.3 Å². The van der Waals surface area contributed by atoms with Gasteiger partial charge in [0.15, 0.2) is 0 Å². The van der Waals surface area contributed by atoms with E-state index in [4.69, 9.17) is 9.47 Å². The van der Waals surface area contributed by atoms with E-state index in [0.717, 1.165) is 47.7 Å². The average Bonchev–Trinajstić information content (AvgIpc) is 2.95. The van der Waals surface area contributed by atoms with Gasteiger partial charge in [0.25, 0.3) is 0 Å². The minimum absolute atomic E-state index is 0.0748. The highest BCUT2D eigenvalue weighted by atomic mass is 32.2. The highest BCUT2D eigenvalue weighted by Crippen LogP contribution is 2.35. The van der Waals surface area contributed by atoms with Crippen molar-refractivity contribution in [2.75, 3.05) is 48.6 Å². The van der Waals surface area contributed by atoms with Gasteiger partial charge in [-0.1, -0.05) is 18.2 Å². The molecule has 0 saturated carbocycles. The molecule has 3 aromatic rings. The van der Waals surface area contributed by atoms with Crippen LogP contribution in [0.1, 0.15) is 35.1 Å². The van der Waals surface area contributed by atoms with E-state index in [9.17, 15) is 21.6 Å². The zero-order chi connectivity index (χ0) is 30.5. The summed E-state index contributed by atoms with van der Waals surface area (Å²) in [5, 5.41) is 9.19. The number of rotatable bonds is 11. The van der Waals surface area contributed by atoms with Crippen LogP contribution in [0, 0.1) is 6.92 Å². The molecule has 42 heavy (non-hydrogen) atoms. The molecule has 1 aliphatic heterocycles. The molecule has 0 radical (unpaired) electrons. The van der Waals surface area contributed by atoms with Crippen molar-refractivity contribution in [3.63, 3.8) is 0 Å². The van der Waals surface area contributed by atoms with Crippen molar-refractivity contribution in [2.45, 2.75) is 45.1 Å². The lowest BCUT2D eigenvalue weighted by molar-refractivity contribution is -0.137. The van der Waals surface area contributed by atoms with E-state index >= 15 is 0 Å². The summed E-state index contributed by atoms with van der Waals surface area (Å²) in [6.07, 6.45) is -1.08. The van der Waals surface area contributed by atoms with Crippen LogP contribution in [0.25, 0.3) is 0 Å². The van der Waals surface area contributed by atoms with E-state index in [1.54, 1.807) is 31.2 Å². The van der Waals surface area contributed by atoms with Crippen molar-refractivity contribution >= 4 is 33.2 Å². The van der Waals surface area contributed by atoms with Crippen LogP contribution >= 0.6 is 0 Å². The number of nitrogens with one attached hydrogen (secondary N) is 3. The molecule has 228 valence electrons. The lowest BCUT2D eigenvalue weighted by atomic mass is 10.1. The van der Waals surface area contributed by atoms with Crippen molar-refractivity contribution in [3.8, 4) is 5.75 Å². The van der Waals surface area contributed by atoms with Crippen molar-refractivity contribution in [1.82, 2.24) is 15.3 Å². The predicted octanol–water partition coefficient (Wildman–Crippen LogP) is 4.83. The molecule has 0 bridgehead atoms. The molecule has 0 aliphatic carbocycles. The number of aryl methyl sites for hydroxylation is 1. The van der Waals surface area contributed by atoms with Gasteiger partial charge in [-0.15, -0.1) is 0 Å². The summed E-state index contributed by atoms with van der Waals surface area (Å²) in [5.41, 5.74) is 2.03. The molecule has 0 unspecified atom stereocenters. The summed E-state index contributed by atoms with van der Waals surface area (Å²) in [5.74, 6) is -0.0496. The van der Waals surface area contributed by atoms with Crippen LogP contribution in [-0.4, -0.2) is 58.1 Å². The molecule has 0 atom stereocenters. The van der Waals surface area contributed by atoms with Crippen LogP contribution in [-0.2, 0) is 34.0 Å². The Balaban J connectivity index is 1.55. The first kappa shape index (κ1) is 31.3. The van der Waals surface area contributed by atoms with Gasteiger partial charge in [-0.25, -0.2) is 13.4 Å². The first-order valence-corrected chi connectivity index (χ1v) is 15.2. The topological polar surface area (TPSA) is 118 Å². The van der Waals surface area contributed by atoms with Crippen molar-refractivity contribution in [2.24, 2.45) is 0 Å². The Hall–Kier alpha value is -3.62. The fourth-order valence-corrected chi connectivity index (χ4v) is 5.02. The second-order valence-electron chi connectivity index (χ2n) is 10.1. The van der Waals surface area contributed by atoms with Crippen LogP contribution in [0.15, 0.2) is 42.6 Å². The molecule has 1 aromatic heterocycles. The largest absolute Gasteiger partial charge is 0.495 e. The van der Waals surface area contributed by atoms with Gasteiger partial charge < -0.3 is 25.4 Å². The summed E-state index contributed by atoms with van der Waals surface area (Å²) in [4.78, 5) is 8.01. The summed E-state index contributed by atoms with van der Waals surface area (Å²) in [7, 11) is -0.708. The van der Waals surface area contributed by atoms with Crippen LogP contribution in [0.3, 0.4) is 0 Å². The standard InChI is InChI=1S/C28H35F3N6O4S/c1-18-5-7-20(24(13-18)37(2)42(4,38)39)16-33-26-22(28(29,30)31)17-34-27(36-26)35-23-8-6-19(14-25(23)40-3)15-32-21-9-11-41-12-10-21/h5-8,13-14,17,21,32H,9-12,15-16H2,1-4H3,(H2,33,34,35,36). The molecule has 0 amide bonds. The monoisotopic (exact) mass is 608 g/mol. The maximum absolute atomic E-state index is 13.9. The molecule has 10 nitrogen and oxygen atoms in total. The lowest BCUT2D eigenvalue weighted by Gasteiger charge is -2.23. The Morgan fingerprint density at radius 2 is 1.86 bits per heavy atom. The highest BCUT2D eigenvalue weighted by Gasteiger charge is 2.35. The van der Waals surface area contributed by atoms with Gasteiger partial charge in [0.1, 0.15) is 17.1 Å². The number of aromatic nitrogens is 2. The molecular formula is C28H35F3N6O4S. The third-order valence-electron chi connectivity index (χ3n) is 6.95. The number of sulfonamides is 1. The number of nitrogens with zero attached hydrogens (tertiary/aromatic N) is 3. The van der Waals surface area contributed by atoms with E-state index in [-0.39, 0.29) is 12.5 Å². The van der Waals surface area contributed by atoms with Gasteiger partial charge in [-0.3, -0.25) is 4.31 Å². The predicted molar refractivity (Wildman–Crippen MR) is 156 cm³/mol. The maximum atomic E-state index is 13.9. The van der Waals surface area contributed by atoms with E-state index in [2.05, 4.69) is 25.9 Å². The molecule has 2 aromatic carbocycles. The Labute approximate surface area is 243 Å². The zero-order valence-corrected chi connectivity index (χ0v) is 24.7. The van der Waals surface area contributed by atoms with Gasteiger partial charge in [-0.05, 0) is 54.7 Å². The Morgan fingerprint density at radius 1 is 1.12 bits per heavy atom. The van der Waals surface area contributed by atoms with Crippen LogP contribution < -0.4 is 25.0 Å².